The van der Waals surface area contributed by atoms with Crippen LogP contribution < -0.4 is 9.64 Å². The molecule has 1 aliphatic heterocycles. The van der Waals surface area contributed by atoms with Gasteiger partial charge < -0.3 is 9.64 Å². The molecule has 7 nitrogen and oxygen atoms in total. The van der Waals surface area contributed by atoms with Gasteiger partial charge in [-0.25, -0.2) is 19.3 Å². The van der Waals surface area contributed by atoms with Gasteiger partial charge >= 0.3 is 0 Å². The molecule has 1 unspecified atom stereocenters. The Kier molecular flexibility index (Phi) is 5.50. The molecule has 0 bridgehead atoms. The smallest absolute Gasteiger partial charge is 0.259 e. The quantitative estimate of drug-likeness (QED) is 0.640. The number of likely N-dealkylation sites (N-methyl/N-ethyl adjacent to an activating group) is 1. The molecule has 1 aromatic carbocycles. The number of benzene rings is 1. The summed E-state index contributed by atoms with van der Waals surface area (Å²) in [4.78, 5) is 29.3. The summed E-state index contributed by atoms with van der Waals surface area (Å²) in [6.45, 7) is 1.88. The third-order valence-electron chi connectivity index (χ3n) is 4.71. The molecule has 2 aromatic heterocycles. The molecule has 0 saturated carbocycles. The lowest BCUT2D eigenvalue weighted by molar-refractivity contribution is 0.0993. The lowest BCUT2D eigenvalue weighted by Gasteiger charge is -2.14. The van der Waals surface area contributed by atoms with Crippen LogP contribution in [0.25, 0.3) is 11.4 Å². The molecular formula is C20H20FN5O2S. The molecule has 3 aromatic rings. The predicted octanol–water partition coefficient (Wildman–Crippen LogP) is 3.10. The third-order valence-corrected chi connectivity index (χ3v) is 5.63. The molecule has 150 valence electrons. The van der Waals surface area contributed by atoms with Crippen LogP contribution in [0.2, 0.25) is 0 Å². The highest BCUT2D eigenvalue weighted by Gasteiger charge is 2.22. The minimum atomic E-state index is -0.383. The van der Waals surface area contributed by atoms with Crippen LogP contribution in [0.15, 0.2) is 42.0 Å². The van der Waals surface area contributed by atoms with Gasteiger partial charge in [-0.05, 0) is 37.7 Å². The van der Waals surface area contributed by atoms with Crippen molar-refractivity contribution in [2.75, 3.05) is 32.1 Å². The monoisotopic (exact) mass is 413 g/mol. The molecule has 0 radical (unpaired) electrons. The predicted molar refractivity (Wildman–Crippen MR) is 109 cm³/mol. The molecule has 4 rings (SSSR count). The molecule has 1 atom stereocenters. The average molecular weight is 413 g/mol. The fraction of sp³-hybridized carbons (Fsp3) is 0.300. The lowest BCUT2D eigenvalue weighted by Crippen LogP contribution is -2.26. The van der Waals surface area contributed by atoms with E-state index in [0.29, 0.717) is 28.0 Å². The Hall–Kier alpha value is -2.91. The Morgan fingerprint density at radius 1 is 1.28 bits per heavy atom. The number of ether oxygens (including phenoxy) is 1. The van der Waals surface area contributed by atoms with Gasteiger partial charge in [0, 0.05) is 37.1 Å². The van der Waals surface area contributed by atoms with Gasteiger partial charge in [0.1, 0.15) is 23.9 Å². The summed E-state index contributed by atoms with van der Waals surface area (Å²) in [7, 11) is 3.70. The van der Waals surface area contributed by atoms with Crippen LogP contribution in [0.4, 0.5) is 9.52 Å². The number of carbonyl (C=O) groups is 1. The minimum absolute atomic E-state index is 0.119. The fourth-order valence-corrected chi connectivity index (χ4v) is 3.90. The van der Waals surface area contributed by atoms with Gasteiger partial charge in [0.15, 0.2) is 5.13 Å². The van der Waals surface area contributed by atoms with Gasteiger partial charge in [-0.1, -0.05) is 0 Å². The number of nitrogens with zero attached hydrogens (tertiary/aromatic N) is 5. The second kappa shape index (κ2) is 8.22. The Morgan fingerprint density at radius 3 is 2.79 bits per heavy atom. The van der Waals surface area contributed by atoms with Crippen molar-refractivity contribution in [1.82, 2.24) is 19.9 Å². The van der Waals surface area contributed by atoms with Gasteiger partial charge in [0.2, 0.25) is 5.88 Å². The van der Waals surface area contributed by atoms with Gasteiger partial charge in [0.25, 0.3) is 5.91 Å². The largest absolute Gasteiger partial charge is 0.473 e. The lowest BCUT2D eigenvalue weighted by atomic mass is 10.2. The van der Waals surface area contributed by atoms with E-state index in [1.165, 1.54) is 46.8 Å². The summed E-state index contributed by atoms with van der Waals surface area (Å²) in [5.74, 6) is -0.129. The molecule has 3 heterocycles. The van der Waals surface area contributed by atoms with E-state index in [0.717, 1.165) is 19.5 Å². The van der Waals surface area contributed by atoms with Crippen LogP contribution in [0.1, 0.15) is 16.8 Å². The highest BCUT2D eigenvalue weighted by molar-refractivity contribution is 7.14. The van der Waals surface area contributed by atoms with Gasteiger partial charge in [0.05, 0.1) is 5.69 Å². The first-order valence-corrected chi connectivity index (χ1v) is 10.0. The van der Waals surface area contributed by atoms with Crippen LogP contribution in [0.3, 0.4) is 0 Å². The van der Waals surface area contributed by atoms with Crippen molar-refractivity contribution >= 4 is 22.4 Å². The highest BCUT2D eigenvalue weighted by Crippen LogP contribution is 2.28. The second-order valence-corrected chi connectivity index (χ2v) is 7.76. The zero-order chi connectivity index (χ0) is 20.4. The number of aromatic nitrogens is 3. The third kappa shape index (κ3) is 4.41. The number of anilines is 1. The molecule has 0 spiro atoms. The van der Waals surface area contributed by atoms with E-state index >= 15 is 0 Å². The van der Waals surface area contributed by atoms with E-state index in [4.69, 9.17) is 4.74 Å². The first-order chi connectivity index (χ1) is 14.0. The molecule has 0 N–H and O–H groups in total. The standard InChI is InChI=1S/C20H20FN5O2S/c1-25-8-7-15(10-25)28-18-9-16(22-12-23-18)17-11-29-20(24-17)26(2)19(27)13-3-5-14(21)6-4-13/h3-6,9,11-12,15H,7-8,10H2,1-2H3. The van der Waals surface area contributed by atoms with Crippen molar-refractivity contribution in [2.45, 2.75) is 12.5 Å². The van der Waals surface area contributed by atoms with E-state index in [9.17, 15) is 9.18 Å². The number of halogens is 1. The molecule has 1 amide bonds. The van der Waals surface area contributed by atoms with E-state index in [1.807, 2.05) is 5.38 Å². The summed E-state index contributed by atoms with van der Waals surface area (Å²) in [5.41, 5.74) is 1.66. The zero-order valence-electron chi connectivity index (χ0n) is 16.1. The van der Waals surface area contributed by atoms with E-state index in [1.54, 1.807) is 13.1 Å². The Morgan fingerprint density at radius 2 is 2.07 bits per heavy atom. The number of hydrogen-bond donors (Lipinski definition) is 0. The number of likely N-dealkylation sites (tertiary alicyclic amines) is 1. The number of rotatable bonds is 5. The van der Waals surface area contributed by atoms with Crippen LogP contribution in [0.5, 0.6) is 5.88 Å². The first kappa shape index (κ1) is 19.4. The minimum Gasteiger partial charge on any atom is -0.473 e. The molecule has 0 aliphatic carbocycles. The first-order valence-electron chi connectivity index (χ1n) is 9.16. The maximum Gasteiger partial charge on any atom is 0.259 e. The molecule has 1 aliphatic rings. The molecule has 29 heavy (non-hydrogen) atoms. The Bertz CT molecular complexity index is 1010. The molecule has 9 heteroatoms. The highest BCUT2D eigenvalue weighted by atomic mass is 32.1. The average Bonchev–Trinajstić information content (AvgIpc) is 3.37. The van der Waals surface area contributed by atoms with Crippen molar-refractivity contribution in [2.24, 2.45) is 0 Å². The summed E-state index contributed by atoms with van der Waals surface area (Å²) in [5, 5.41) is 2.35. The summed E-state index contributed by atoms with van der Waals surface area (Å²) >= 11 is 1.33. The van der Waals surface area contributed by atoms with Crippen LogP contribution in [-0.4, -0.2) is 59.0 Å². The van der Waals surface area contributed by atoms with Gasteiger partial charge in [-0.3, -0.25) is 9.69 Å². The van der Waals surface area contributed by atoms with E-state index < -0.39 is 0 Å². The molecule has 1 fully saturated rings. The van der Waals surface area contributed by atoms with Crippen molar-refractivity contribution in [3.8, 4) is 17.3 Å². The maximum absolute atomic E-state index is 13.1. The van der Waals surface area contributed by atoms with Crippen molar-refractivity contribution < 1.29 is 13.9 Å². The van der Waals surface area contributed by atoms with Gasteiger partial charge in [-0.2, -0.15) is 0 Å². The van der Waals surface area contributed by atoms with Crippen LogP contribution in [0, 0.1) is 5.82 Å². The zero-order valence-corrected chi connectivity index (χ0v) is 16.9. The van der Waals surface area contributed by atoms with Crippen molar-refractivity contribution in [1.29, 1.82) is 0 Å². The van der Waals surface area contributed by atoms with Gasteiger partial charge in [-0.15, -0.1) is 11.3 Å². The number of carbonyl (C=O) groups excluding carboxylic acids is 1. The fourth-order valence-electron chi connectivity index (χ4n) is 3.11. The van der Waals surface area contributed by atoms with Crippen LogP contribution >= 0.6 is 11.3 Å². The normalized spacial score (nSPS) is 16.7. The number of thiazole rings is 1. The topological polar surface area (TPSA) is 71.5 Å². The summed E-state index contributed by atoms with van der Waals surface area (Å²) in [6.07, 6.45) is 2.54. The summed E-state index contributed by atoms with van der Waals surface area (Å²) in [6, 6.07) is 7.20. The SMILES string of the molecule is CN1CCC(Oc2cc(-c3csc(N(C)C(=O)c4ccc(F)cc4)n3)ncn2)C1. The van der Waals surface area contributed by atoms with E-state index in [2.05, 4.69) is 26.9 Å². The number of hydrogen-bond acceptors (Lipinski definition) is 7. The second-order valence-electron chi connectivity index (χ2n) is 6.92. The maximum atomic E-state index is 13.1. The van der Waals surface area contributed by atoms with Crippen LogP contribution in [-0.2, 0) is 0 Å². The van der Waals surface area contributed by atoms with Crippen molar-refractivity contribution in [3.63, 3.8) is 0 Å². The molecular weight excluding hydrogens is 393 g/mol. The Balaban J connectivity index is 1.49. The number of amides is 1. The Labute approximate surface area is 171 Å². The molecule has 1 saturated heterocycles. The van der Waals surface area contributed by atoms with Crippen molar-refractivity contribution in [3.05, 3.63) is 53.4 Å². The van der Waals surface area contributed by atoms with E-state index in [-0.39, 0.29) is 17.8 Å². The summed E-state index contributed by atoms with van der Waals surface area (Å²) < 4.78 is 19.0.